The quantitative estimate of drug-likeness (QED) is 0.686. The van der Waals surface area contributed by atoms with E-state index in [0.29, 0.717) is 19.0 Å². The Morgan fingerprint density at radius 2 is 1.77 bits per heavy atom. The predicted molar refractivity (Wildman–Crippen MR) is 56.6 cm³/mol. The van der Waals surface area contributed by atoms with Crippen LogP contribution in [0.15, 0.2) is 0 Å². The van der Waals surface area contributed by atoms with Crippen LogP contribution >= 0.6 is 11.6 Å². The third-order valence-corrected chi connectivity index (χ3v) is 4.64. The Hall–Kier alpha value is 0.200. The molecule has 0 aromatic carbocycles. The summed E-state index contributed by atoms with van der Waals surface area (Å²) in [5, 5.41) is 0. The first-order chi connectivity index (χ1) is 5.77. The Morgan fingerprint density at radius 3 is 2.00 bits per heavy atom. The van der Waals surface area contributed by atoms with Crippen LogP contribution in [0.5, 0.6) is 0 Å². The Labute approximate surface area is 86.1 Å². The van der Waals surface area contributed by atoms with Crippen molar-refractivity contribution in [1.29, 1.82) is 0 Å². The molecule has 5 heteroatoms. The number of nitrogens with zero attached hydrogens (tertiary/aromatic N) is 1. The van der Waals surface area contributed by atoms with Crippen LogP contribution in [0.3, 0.4) is 0 Å². The summed E-state index contributed by atoms with van der Waals surface area (Å²) < 4.78 is 24.4. The van der Waals surface area contributed by atoms with Gasteiger partial charge in [0.05, 0.1) is 4.75 Å². The van der Waals surface area contributed by atoms with Crippen molar-refractivity contribution in [3.8, 4) is 0 Å². The predicted octanol–water partition coefficient (Wildman–Crippen LogP) is 1.68. The van der Waals surface area contributed by atoms with Gasteiger partial charge in [-0.25, -0.2) is 12.7 Å². The normalized spacial score (nSPS) is 13.7. The van der Waals surface area contributed by atoms with E-state index in [0.717, 1.165) is 0 Å². The van der Waals surface area contributed by atoms with Crippen LogP contribution in [0.4, 0.5) is 0 Å². The van der Waals surface area contributed by atoms with E-state index in [-0.39, 0.29) is 0 Å². The molecule has 0 amide bonds. The number of hydrogen-bond donors (Lipinski definition) is 0. The van der Waals surface area contributed by atoms with Gasteiger partial charge in [-0.1, -0.05) is 6.92 Å². The molecule has 0 atom stereocenters. The Balaban J connectivity index is 4.80. The van der Waals surface area contributed by atoms with Gasteiger partial charge in [-0.05, 0) is 20.8 Å². The Bertz CT molecular complexity index is 243. The van der Waals surface area contributed by atoms with Crippen molar-refractivity contribution >= 4 is 21.6 Å². The van der Waals surface area contributed by atoms with E-state index in [2.05, 4.69) is 0 Å². The van der Waals surface area contributed by atoms with Gasteiger partial charge in [0.25, 0.3) is 0 Å². The summed E-state index contributed by atoms with van der Waals surface area (Å²) in [7, 11) is -3.20. The summed E-state index contributed by atoms with van der Waals surface area (Å²) in [6.45, 7) is 7.76. The maximum atomic E-state index is 11.8. The lowest BCUT2D eigenvalue weighted by atomic mass is 10.3. The summed E-state index contributed by atoms with van der Waals surface area (Å²) in [6.07, 6.45) is 0. The molecule has 0 saturated carbocycles. The maximum Gasteiger partial charge on any atom is 0.219 e. The van der Waals surface area contributed by atoms with Crippen molar-refractivity contribution in [2.75, 3.05) is 19.0 Å². The number of sulfonamides is 1. The minimum atomic E-state index is -3.20. The van der Waals surface area contributed by atoms with E-state index in [1.807, 2.05) is 6.92 Å². The molecule has 0 aromatic rings. The average Bonchev–Trinajstić information content (AvgIpc) is 1.97. The van der Waals surface area contributed by atoms with Gasteiger partial charge in [0.15, 0.2) is 0 Å². The minimum Gasteiger partial charge on any atom is -0.212 e. The molecule has 0 heterocycles. The van der Waals surface area contributed by atoms with Crippen molar-refractivity contribution in [3.05, 3.63) is 0 Å². The van der Waals surface area contributed by atoms with Gasteiger partial charge in [-0.3, -0.25) is 0 Å². The van der Waals surface area contributed by atoms with Crippen LogP contribution in [-0.2, 0) is 10.0 Å². The number of hydrogen-bond acceptors (Lipinski definition) is 2. The second kappa shape index (κ2) is 4.62. The second-order valence-corrected chi connectivity index (χ2v) is 6.87. The highest BCUT2D eigenvalue weighted by molar-refractivity contribution is 7.90. The van der Waals surface area contributed by atoms with Gasteiger partial charge < -0.3 is 0 Å². The first kappa shape index (κ1) is 13.2. The number of halogens is 1. The smallest absolute Gasteiger partial charge is 0.212 e. The molecule has 0 aliphatic heterocycles. The van der Waals surface area contributed by atoms with Gasteiger partial charge in [0.2, 0.25) is 10.0 Å². The molecule has 0 aliphatic carbocycles. The van der Waals surface area contributed by atoms with Crippen LogP contribution in [0.1, 0.15) is 27.7 Å². The van der Waals surface area contributed by atoms with E-state index in [9.17, 15) is 8.42 Å². The van der Waals surface area contributed by atoms with Crippen molar-refractivity contribution < 1.29 is 8.42 Å². The molecule has 0 N–H and O–H groups in total. The van der Waals surface area contributed by atoms with E-state index in [1.54, 1.807) is 20.8 Å². The Morgan fingerprint density at radius 1 is 1.31 bits per heavy atom. The molecule has 80 valence electrons. The van der Waals surface area contributed by atoms with E-state index < -0.39 is 14.8 Å². The lowest BCUT2D eigenvalue weighted by molar-refractivity contribution is 0.425. The van der Waals surface area contributed by atoms with Crippen molar-refractivity contribution in [1.82, 2.24) is 4.31 Å². The van der Waals surface area contributed by atoms with Crippen LogP contribution < -0.4 is 0 Å². The van der Waals surface area contributed by atoms with Crippen molar-refractivity contribution in [2.45, 2.75) is 32.4 Å². The first-order valence-electron chi connectivity index (χ1n) is 4.33. The van der Waals surface area contributed by atoms with Gasteiger partial charge >= 0.3 is 0 Å². The molecule has 0 fully saturated rings. The summed E-state index contributed by atoms with van der Waals surface area (Å²) in [4.78, 5) is 0. The third kappa shape index (κ3) is 3.11. The van der Waals surface area contributed by atoms with E-state index >= 15 is 0 Å². The van der Waals surface area contributed by atoms with Gasteiger partial charge in [-0.15, -0.1) is 11.6 Å². The van der Waals surface area contributed by atoms with Crippen molar-refractivity contribution in [3.63, 3.8) is 0 Å². The van der Waals surface area contributed by atoms with Crippen molar-refractivity contribution in [2.24, 2.45) is 0 Å². The summed E-state index contributed by atoms with van der Waals surface area (Å²) in [5.74, 6) is 0.336. The number of rotatable bonds is 4. The molecular weight excluding hydrogens is 210 g/mol. The van der Waals surface area contributed by atoms with E-state index in [1.165, 1.54) is 4.31 Å². The van der Waals surface area contributed by atoms with Crippen LogP contribution in [0.25, 0.3) is 0 Å². The fourth-order valence-electron chi connectivity index (χ4n) is 0.930. The lowest BCUT2D eigenvalue weighted by Crippen LogP contribution is -2.43. The molecule has 0 unspecified atom stereocenters. The lowest BCUT2D eigenvalue weighted by Gasteiger charge is -2.28. The van der Waals surface area contributed by atoms with Crippen LogP contribution in [-0.4, -0.2) is 36.4 Å². The zero-order valence-electron chi connectivity index (χ0n) is 8.67. The van der Waals surface area contributed by atoms with Crippen LogP contribution in [0, 0.1) is 0 Å². The molecule has 0 rings (SSSR count). The molecular formula is C8H18ClNO2S. The minimum absolute atomic E-state index is 0.336. The summed E-state index contributed by atoms with van der Waals surface area (Å²) >= 11 is 5.53. The molecule has 13 heavy (non-hydrogen) atoms. The van der Waals surface area contributed by atoms with E-state index in [4.69, 9.17) is 11.6 Å². The highest BCUT2D eigenvalue weighted by Gasteiger charge is 2.33. The number of alkyl halides is 1. The zero-order chi connectivity index (χ0) is 10.7. The highest BCUT2D eigenvalue weighted by Crippen LogP contribution is 2.19. The average molecular weight is 228 g/mol. The molecule has 0 spiro atoms. The monoisotopic (exact) mass is 227 g/mol. The standard InChI is InChI=1S/C8H18ClNO2S/c1-5-10(7-6-9)13(11,12)8(2,3)4/h5-7H2,1-4H3. The van der Waals surface area contributed by atoms with Gasteiger partial charge in [0, 0.05) is 19.0 Å². The highest BCUT2D eigenvalue weighted by atomic mass is 35.5. The van der Waals surface area contributed by atoms with Gasteiger partial charge in [-0.2, -0.15) is 0 Å². The van der Waals surface area contributed by atoms with Crippen LogP contribution in [0.2, 0.25) is 0 Å². The first-order valence-corrected chi connectivity index (χ1v) is 6.30. The van der Waals surface area contributed by atoms with Gasteiger partial charge in [0.1, 0.15) is 0 Å². The molecule has 0 aromatic heterocycles. The topological polar surface area (TPSA) is 37.4 Å². The molecule has 3 nitrogen and oxygen atoms in total. The Kier molecular flexibility index (Phi) is 4.69. The summed E-state index contributed by atoms with van der Waals surface area (Å²) in [5.41, 5.74) is 0. The summed E-state index contributed by atoms with van der Waals surface area (Å²) in [6, 6.07) is 0. The fraction of sp³-hybridized carbons (Fsp3) is 1.00. The second-order valence-electron chi connectivity index (χ2n) is 3.80. The zero-order valence-corrected chi connectivity index (χ0v) is 10.2. The third-order valence-electron chi connectivity index (χ3n) is 1.80. The molecule has 0 saturated heterocycles. The fourth-order valence-corrected chi connectivity index (χ4v) is 2.68. The molecule has 0 bridgehead atoms. The maximum absolute atomic E-state index is 11.8. The molecule has 0 radical (unpaired) electrons. The largest absolute Gasteiger partial charge is 0.219 e. The molecule has 0 aliphatic rings. The SMILES string of the molecule is CCN(CCCl)S(=O)(=O)C(C)(C)C.